The molecule has 1 atom stereocenters. The second kappa shape index (κ2) is 7.62. The molecule has 1 N–H and O–H groups in total. The molecule has 132 valence electrons. The Kier molecular flexibility index (Phi) is 5.29. The summed E-state index contributed by atoms with van der Waals surface area (Å²) in [5.41, 5.74) is 3.74. The predicted molar refractivity (Wildman–Crippen MR) is 99.6 cm³/mol. The molecule has 0 amide bonds. The molecule has 0 bridgehead atoms. The van der Waals surface area contributed by atoms with Crippen LogP contribution in [0.25, 0.3) is 0 Å². The molecule has 0 fully saturated rings. The molecule has 0 aliphatic carbocycles. The van der Waals surface area contributed by atoms with Crippen LogP contribution in [0, 0.1) is 0 Å². The van der Waals surface area contributed by atoms with Crippen LogP contribution in [0.1, 0.15) is 22.7 Å². The number of benzene rings is 2. The molecular weight excluding hydrogens is 314 g/mol. The minimum Gasteiger partial charge on any atom is -0.504 e. The third-order valence-corrected chi connectivity index (χ3v) is 4.85. The van der Waals surface area contributed by atoms with Crippen molar-refractivity contribution in [1.29, 1.82) is 0 Å². The smallest absolute Gasteiger partial charge is 0.160 e. The topological polar surface area (TPSA) is 41.9 Å². The summed E-state index contributed by atoms with van der Waals surface area (Å²) in [5.74, 6) is 1.58. The Hall–Kier alpha value is -2.46. The first-order chi connectivity index (χ1) is 12.2. The molecule has 2 aromatic rings. The highest BCUT2D eigenvalue weighted by Crippen LogP contribution is 2.36. The average molecular weight is 339 g/mol. The first-order valence-electron chi connectivity index (χ1n) is 8.54. The molecule has 25 heavy (non-hydrogen) atoms. The highest BCUT2D eigenvalue weighted by molar-refractivity contribution is 5.44. The van der Waals surface area contributed by atoms with Crippen LogP contribution >= 0.6 is 0 Å². The molecule has 2 aromatic carbocycles. The molecule has 0 saturated heterocycles. The van der Waals surface area contributed by atoms with Crippen molar-refractivity contribution in [3.05, 3.63) is 65.7 Å². The Bertz CT molecular complexity index is 757. The van der Waals surface area contributed by atoms with E-state index in [2.05, 4.69) is 23.6 Å². The zero-order valence-corrected chi connectivity index (χ0v) is 14.9. The van der Waals surface area contributed by atoms with Gasteiger partial charge in [-0.3, -0.25) is 4.90 Å². The van der Waals surface area contributed by atoms with Crippen LogP contribution in [-0.2, 0) is 12.8 Å². The van der Waals surface area contributed by atoms with E-state index < -0.39 is 0 Å². The first kappa shape index (κ1) is 17.4. The van der Waals surface area contributed by atoms with E-state index in [1.165, 1.54) is 11.1 Å². The minimum atomic E-state index is 0.182. The third kappa shape index (κ3) is 3.64. The Morgan fingerprint density at radius 1 is 1.20 bits per heavy atom. The zero-order chi connectivity index (χ0) is 17.8. The zero-order valence-electron chi connectivity index (χ0n) is 14.9. The fraction of sp³-hybridized carbons (Fsp3) is 0.333. The van der Waals surface area contributed by atoms with Crippen molar-refractivity contribution in [2.75, 3.05) is 27.3 Å². The van der Waals surface area contributed by atoms with Crippen molar-refractivity contribution in [2.45, 2.75) is 18.9 Å². The van der Waals surface area contributed by atoms with Gasteiger partial charge in [0.25, 0.3) is 0 Å². The standard InChI is InChI=1S/C21H25NO3/c1-4-10-22-11-9-16-14-17(24-2)6-7-18(16)19(22)12-15-5-8-21(25-3)20(23)13-15/h4-8,13-14,19,23H,1,9-12H2,2-3H3/t19-/m0/s1. The number of fused-ring (bicyclic) bond motifs is 1. The summed E-state index contributed by atoms with van der Waals surface area (Å²) in [6, 6.07) is 12.2. The van der Waals surface area contributed by atoms with E-state index in [9.17, 15) is 5.11 Å². The molecule has 0 spiro atoms. The lowest BCUT2D eigenvalue weighted by Crippen LogP contribution is -2.36. The van der Waals surface area contributed by atoms with Gasteiger partial charge in [0, 0.05) is 19.1 Å². The Morgan fingerprint density at radius 2 is 2.04 bits per heavy atom. The largest absolute Gasteiger partial charge is 0.504 e. The van der Waals surface area contributed by atoms with E-state index >= 15 is 0 Å². The summed E-state index contributed by atoms with van der Waals surface area (Å²) in [6.45, 7) is 5.73. The number of hydrogen-bond donors (Lipinski definition) is 1. The van der Waals surface area contributed by atoms with Crippen molar-refractivity contribution in [1.82, 2.24) is 4.90 Å². The van der Waals surface area contributed by atoms with Gasteiger partial charge < -0.3 is 14.6 Å². The maximum atomic E-state index is 10.1. The molecule has 4 nitrogen and oxygen atoms in total. The van der Waals surface area contributed by atoms with Gasteiger partial charge in [-0.1, -0.05) is 18.2 Å². The van der Waals surface area contributed by atoms with Crippen molar-refractivity contribution >= 4 is 0 Å². The quantitative estimate of drug-likeness (QED) is 0.814. The molecule has 1 aliphatic rings. The number of methoxy groups -OCH3 is 2. The Balaban J connectivity index is 1.93. The average Bonchev–Trinajstić information content (AvgIpc) is 2.63. The Labute approximate surface area is 149 Å². The van der Waals surface area contributed by atoms with Crippen LogP contribution in [0.2, 0.25) is 0 Å². The van der Waals surface area contributed by atoms with Gasteiger partial charge in [-0.05, 0) is 53.8 Å². The summed E-state index contributed by atoms with van der Waals surface area (Å²) in [4.78, 5) is 2.43. The minimum absolute atomic E-state index is 0.182. The normalized spacial score (nSPS) is 17.0. The number of aromatic hydroxyl groups is 1. The van der Waals surface area contributed by atoms with E-state index in [0.29, 0.717) is 5.75 Å². The van der Waals surface area contributed by atoms with Crippen molar-refractivity contribution in [3.63, 3.8) is 0 Å². The number of nitrogens with zero attached hydrogens (tertiary/aromatic N) is 1. The van der Waals surface area contributed by atoms with Crippen molar-refractivity contribution in [2.24, 2.45) is 0 Å². The molecule has 1 aliphatic heterocycles. The molecule has 0 aromatic heterocycles. The van der Waals surface area contributed by atoms with Gasteiger partial charge in [-0.15, -0.1) is 6.58 Å². The number of ether oxygens (including phenoxy) is 2. The fourth-order valence-corrected chi connectivity index (χ4v) is 3.58. The molecule has 3 rings (SSSR count). The lowest BCUT2D eigenvalue weighted by molar-refractivity contribution is 0.204. The lowest BCUT2D eigenvalue weighted by Gasteiger charge is -2.37. The number of phenols is 1. The van der Waals surface area contributed by atoms with Crippen LogP contribution in [0.15, 0.2) is 49.1 Å². The number of rotatable bonds is 6. The predicted octanol–water partition coefficient (Wildman–Crippen LogP) is 3.74. The summed E-state index contributed by atoms with van der Waals surface area (Å²) in [6.07, 6.45) is 3.78. The van der Waals surface area contributed by atoms with Gasteiger partial charge in [0.05, 0.1) is 14.2 Å². The number of phenolic OH excluding ortho intramolecular Hbond substituents is 1. The van der Waals surface area contributed by atoms with Crippen molar-refractivity contribution < 1.29 is 14.6 Å². The molecule has 0 unspecified atom stereocenters. The van der Waals surface area contributed by atoms with Crippen LogP contribution < -0.4 is 9.47 Å². The molecular formula is C21H25NO3. The fourth-order valence-electron chi connectivity index (χ4n) is 3.58. The van der Waals surface area contributed by atoms with E-state index in [-0.39, 0.29) is 11.8 Å². The lowest BCUT2D eigenvalue weighted by atomic mass is 9.88. The van der Waals surface area contributed by atoms with Crippen molar-refractivity contribution in [3.8, 4) is 17.2 Å². The molecule has 4 heteroatoms. The van der Waals surface area contributed by atoms with Crippen LogP contribution in [0.4, 0.5) is 0 Å². The van der Waals surface area contributed by atoms with Gasteiger partial charge in [-0.2, -0.15) is 0 Å². The van der Waals surface area contributed by atoms with E-state index in [4.69, 9.17) is 9.47 Å². The van der Waals surface area contributed by atoms with Gasteiger partial charge in [0.15, 0.2) is 11.5 Å². The van der Waals surface area contributed by atoms with Gasteiger partial charge in [0.2, 0.25) is 0 Å². The first-order valence-corrected chi connectivity index (χ1v) is 8.54. The SMILES string of the molecule is C=CCN1CCc2cc(OC)ccc2[C@@H]1Cc1ccc(OC)c(O)c1. The highest BCUT2D eigenvalue weighted by Gasteiger charge is 2.27. The van der Waals surface area contributed by atoms with Crippen LogP contribution in [-0.4, -0.2) is 37.3 Å². The van der Waals surface area contributed by atoms with E-state index in [1.807, 2.05) is 24.3 Å². The van der Waals surface area contributed by atoms with Crippen LogP contribution in [0.5, 0.6) is 17.2 Å². The molecule has 0 saturated carbocycles. The molecule has 0 radical (unpaired) electrons. The number of hydrogen-bond acceptors (Lipinski definition) is 4. The highest BCUT2D eigenvalue weighted by atomic mass is 16.5. The summed E-state index contributed by atoms with van der Waals surface area (Å²) >= 11 is 0. The van der Waals surface area contributed by atoms with Gasteiger partial charge >= 0.3 is 0 Å². The van der Waals surface area contributed by atoms with Crippen LogP contribution in [0.3, 0.4) is 0 Å². The van der Waals surface area contributed by atoms with Gasteiger partial charge in [0.1, 0.15) is 5.75 Å². The second-order valence-electron chi connectivity index (χ2n) is 6.32. The Morgan fingerprint density at radius 3 is 2.72 bits per heavy atom. The van der Waals surface area contributed by atoms with E-state index in [0.717, 1.165) is 37.2 Å². The summed E-state index contributed by atoms with van der Waals surface area (Å²) < 4.78 is 10.5. The maximum Gasteiger partial charge on any atom is 0.160 e. The summed E-state index contributed by atoms with van der Waals surface area (Å²) in [5, 5.41) is 10.1. The second-order valence-corrected chi connectivity index (χ2v) is 6.32. The maximum absolute atomic E-state index is 10.1. The third-order valence-electron chi connectivity index (χ3n) is 4.85. The molecule has 1 heterocycles. The monoisotopic (exact) mass is 339 g/mol. The summed E-state index contributed by atoms with van der Waals surface area (Å²) in [7, 11) is 3.26. The van der Waals surface area contributed by atoms with E-state index in [1.54, 1.807) is 20.3 Å². The van der Waals surface area contributed by atoms with Gasteiger partial charge in [-0.25, -0.2) is 0 Å².